The van der Waals surface area contributed by atoms with E-state index in [0.29, 0.717) is 29.5 Å². The fourth-order valence-corrected chi connectivity index (χ4v) is 6.57. The van der Waals surface area contributed by atoms with Gasteiger partial charge in [0.1, 0.15) is 17.9 Å². The van der Waals surface area contributed by atoms with Crippen LogP contribution in [0.2, 0.25) is 0 Å². The molecule has 1 saturated carbocycles. The first-order chi connectivity index (χ1) is 18.8. The van der Waals surface area contributed by atoms with Crippen LogP contribution in [0.1, 0.15) is 69.7 Å². The largest absolute Gasteiger partial charge is 0.451 e. The molecule has 8 nitrogen and oxygen atoms in total. The minimum atomic E-state index is -0.474. The third-order valence-electron chi connectivity index (χ3n) is 8.95. The fourth-order valence-electron chi connectivity index (χ4n) is 6.57. The van der Waals surface area contributed by atoms with Crippen LogP contribution in [0.3, 0.4) is 0 Å². The minimum absolute atomic E-state index is 0.0149. The van der Waals surface area contributed by atoms with Gasteiger partial charge in [0.25, 0.3) is 5.91 Å². The van der Waals surface area contributed by atoms with Crippen molar-refractivity contribution in [1.29, 1.82) is 0 Å². The van der Waals surface area contributed by atoms with Gasteiger partial charge in [-0.25, -0.2) is 14.4 Å². The quantitative estimate of drug-likeness (QED) is 0.521. The SMILES string of the molecule is CCN(C(=O)c1cc(F)ccc1Oc1cncnc1N1CC2(CCN(CC3CCC(N)CC3)CC2)C1)C(C)C. The second-order valence-electron chi connectivity index (χ2n) is 12.1. The molecule has 3 aliphatic rings. The maximum atomic E-state index is 14.2. The van der Waals surface area contributed by atoms with Gasteiger partial charge in [0.15, 0.2) is 11.6 Å². The summed E-state index contributed by atoms with van der Waals surface area (Å²) in [7, 11) is 0. The topological polar surface area (TPSA) is 87.8 Å². The van der Waals surface area contributed by atoms with E-state index in [1.54, 1.807) is 11.1 Å². The van der Waals surface area contributed by atoms with Crippen LogP contribution in [0.5, 0.6) is 11.5 Å². The van der Waals surface area contributed by atoms with E-state index in [9.17, 15) is 9.18 Å². The number of benzene rings is 1. The van der Waals surface area contributed by atoms with E-state index < -0.39 is 5.82 Å². The Bertz CT molecular complexity index is 1140. The molecule has 5 rings (SSSR count). The molecule has 1 aromatic heterocycles. The van der Waals surface area contributed by atoms with Gasteiger partial charge >= 0.3 is 0 Å². The second-order valence-corrected chi connectivity index (χ2v) is 12.1. The molecule has 0 unspecified atom stereocenters. The molecule has 2 aromatic rings. The van der Waals surface area contributed by atoms with Gasteiger partial charge in [-0.1, -0.05) is 0 Å². The highest BCUT2D eigenvalue weighted by Crippen LogP contribution is 2.45. The Hall–Kier alpha value is -2.78. The Morgan fingerprint density at radius 3 is 2.56 bits per heavy atom. The van der Waals surface area contributed by atoms with E-state index in [4.69, 9.17) is 10.5 Å². The van der Waals surface area contributed by atoms with Gasteiger partial charge in [-0.2, -0.15) is 0 Å². The van der Waals surface area contributed by atoms with Crippen molar-refractivity contribution in [3.8, 4) is 11.5 Å². The number of carbonyl (C=O) groups excluding carboxylic acids is 1. The summed E-state index contributed by atoms with van der Waals surface area (Å²) in [6.45, 7) is 11.7. The number of nitrogens with zero attached hydrogens (tertiary/aromatic N) is 5. The van der Waals surface area contributed by atoms with Gasteiger partial charge in [-0.05, 0) is 96.5 Å². The van der Waals surface area contributed by atoms with Gasteiger partial charge in [-0.3, -0.25) is 4.79 Å². The number of carbonyl (C=O) groups is 1. The molecule has 1 aliphatic carbocycles. The maximum Gasteiger partial charge on any atom is 0.257 e. The molecular weight excluding hydrogens is 495 g/mol. The van der Waals surface area contributed by atoms with Crippen molar-refractivity contribution in [3.05, 3.63) is 42.1 Å². The van der Waals surface area contributed by atoms with Crippen molar-refractivity contribution >= 4 is 11.7 Å². The fraction of sp³-hybridized carbons (Fsp3) is 0.633. The number of halogens is 1. The lowest BCUT2D eigenvalue weighted by atomic mass is 9.71. The Morgan fingerprint density at radius 1 is 1.18 bits per heavy atom. The van der Waals surface area contributed by atoms with E-state index in [0.717, 1.165) is 37.9 Å². The van der Waals surface area contributed by atoms with E-state index in [1.165, 1.54) is 69.6 Å². The highest BCUT2D eigenvalue weighted by atomic mass is 19.1. The van der Waals surface area contributed by atoms with Crippen LogP contribution < -0.4 is 15.4 Å². The number of hydrogen-bond acceptors (Lipinski definition) is 7. The van der Waals surface area contributed by atoms with Crippen molar-refractivity contribution in [3.63, 3.8) is 0 Å². The minimum Gasteiger partial charge on any atom is -0.451 e. The van der Waals surface area contributed by atoms with Gasteiger partial charge in [0.05, 0.1) is 11.8 Å². The molecule has 2 N–H and O–H groups in total. The zero-order chi connectivity index (χ0) is 27.6. The number of anilines is 1. The average molecular weight is 539 g/mol. The highest BCUT2D eigenvalue weighted by molar-refractivity contribution is 5.97. The summed E-state index contributed by atoms with van der Waals surface area (Å²) in [5.41, 5.74) is 6.60. The number of ether oxygens (including phenoxy) is 1. The summed E-state index contributed by atoms with van der Waals surface area (Å²) < 4.78 is 20.4. The standard InChI is InChI=1S/C30H43FN6O2/c1-4-37(21(2)3)29(38)25-15-23(31)7-10-26(25)39-27-16-33-20-34-28(27)36-18-30(19-36)11-13-35(14-12-30)17-22-5-8-24(32)9-6-22/h7,10,15-16,20-22,24H,4-6,8-9,11-14,17-19,32H2,1-3H3. The van der Waals surface area contributed by atoms with Crippen molar-refractivity contribution in [1.82, 2.24) is 19.8 Å². The van der Waals surface area contributed by atoms with Crippen molar-refractivity contribution in [2.75, 3.05) is 44.2 Å². The Balaban J connectivity index is 1.23. The normalized spacial score (nSPS) is 23.1. The predicted octanol–water partition coefficient (Wildman–Crippen LogP) is 4.70. The number of amides is 1. The number of hydrogen-bond donors (Lipinski definition) is 1. The predicted molar refractivity (Wildman–Crippen MR) is 151 cm³/mol. The summed E-state index contributed by atoms with van der Waals surface area (Å²) >= 11 is 0. The first kappa shape index (κ1) is 27.8. The van der Waals surface area contributed by atoms with Crippen LogP contribution in [0.25, 0.3) is 0 Å². The van der Waals surface area contributed by atoms with Crippen LogP contribution in [-0.4, -0.2) is 77.0 Å². The van der Waals surface area contributed by atoms with Gasteiger partial charge in [0.2, 0.25) is 0 Å². The molecule has 2 aliphatic heterocycles. The Kier molecular flexibility index (Phi) is 8.38. The first-order valence-electron chi connectivity index (χ1n) is 14.6. The number of nitrogens with two attached hydrogens (primary N) is 1. The molecule has 3 fully saturated rings. The van der Waals surface area contributed by atoms with Crippen LogP contribution >= 0.6 is 0 Å². The molecular formula is C30H43FN6O2. The zero-order valence-electron chi connectivity index (χ0n) is 23.6. The van der Waals surface area contributed by atoms with E-state index in [-0.39, 0.29) is 17.5 Å². The summed E-state index contributed by atoms with van der Waals surface area (Å²) in [4.78, 5) is 28.6. The van der Waals surface area contributed by atoms with Crippen LogP contribution in [-0.2, 0) is 0 Å². The zero-order valence-corrected chi connectivity index (χ0v) is 23.6. The molecule has 212 valence electrons. The van der Waals surface area contributed by atoms with Crippen molar-refractivity contribution < 1.29 is 13.9 Å². The smallest absolute Gasteiger partial charge is 0.257 e. The average Bonchev–Trinajstić information content (AvgIpc) is 2.91. The molecule has 9 heteroatoms. The van der Waals surface area contributed by atoms with Gasteiger partial charge in [0, 0.05) is 43.7 Å². The number of aromatic nitrogens is 2. The second kappa shape index (κ2) is 11.8. The molecule has 2 saturated heterocycles. The van der Waals surface area contributed by atoms with Gasteiger partial charge < -0.3 is 25.2 Å². The van der Waals surface area contributed by atoms with Crippen molar-refractivity contribution in [2.45, 2.75) is 71.4 Å². The third-order valence-corrected chi connectivity index (χ3v) is 8.95. The van der Waals surface area contributed by atoms with Gasteiger partial charge in [-0.15, -0.1) is 0 Å². The molecule has 0 atom stereocenters. The Morgan fingerprint density at radius 2 is 1.90 bits per heavy atom. The summed E-state index contributed by atoms with van der Waals surface area (Å²) in [6, 6.07) is 4.47. The van der Waals surface area contributed by atoms with E-state index in [1.807, 2.05) is 20.8 Å². The molecule has 1 aromatic carbocycles. The monoisotopic (exact) mass is 538 g/mol. The van der Waals surface area contributed by atoms with E-state index >= 15 is 0 Å². The maximum absolute atomic E-state index is 14.2. The number of rotatable bonds is 8. The molecule has 1 spiro atoms. The van der Waals surface area contributed by atoms with Crippen LogP contribution in [0, 0.1) is 17.2 Å². The van der Waals surface area contributed by atoms with Crippen molar-refractivity contribution in [2.24, 2.45) is 17.1 Å². The Labute approximate surface area is 231 Å². The number of piperidine rings is 1. The molecule has 0 radical (unpaired) electrons. The lowest BCUT2D eigenvalue weighted by Crippen LogP contribution is -2.61. The molecule has 0 bridgehead atoms. The lowest BCUT2D eigenvalue weighted by Gasteiger charge is -2.54. The highest BCUT2D eigenvalue weighted by Gasteiger charge is 2.46. The van der Waals surface area contributed by atoms with E-state index in [2.05, 4.69) is 19.8 Å². The number of likely N-dealkylation sites (tertiary alicyclic amines) is 1. The molecule has 3 heterocycles. The van der Waals surface area contributed by atoms with Crippen LogP contribution in [0.4, 0.5) is 10.2 Å². The summed E-state index contributed by atoms with van der Waals surface area (Å²) in [6.07, 6.45) is 10.4. The summed E-state index contributed by atoms with van der Waals surface area (Å²) in [5, 5.41) is 0. The lowest BCUT2D eigenvalue weighted by molar-refractivity contribution is 0.0620. The third kappa shape index (κ3) is 6.19. The summed E-state index contributed by atoms with van der Waals surface area (Å²) in [5.74, 6) is 1.57. The first-order valence-corrected chi connectivity index (χ1v) is 14.6. The molecule has 1 amide bonds. The molecule has 39 heavy (non-hydrogen) atoms. The van der Waals surface area contributed by atoms with Crippen LogP contribution in [0.15, 0.2) is 30.7 Å².